The second-order valence-corrected chi connectivity index (χ2v) is 5.31. The van der Waals surface area contributed by atoms with Gasteiger partial charge in [-0.25, -0.2) is 0 Å². The first kappa shape index (κ1) is 12.9. The summed E-state index contributed by atoms with van der Waals surface area (Å²) in [7, 11) is 0. The molecule has 0 bridgehead atoms. The molecule has 2 aromatic rings. The zero-order valence-electron chi connectivity index (χ0n) is 11.4. The summed E-state index contributed by atoms with van der Waals surface area (Å²) in [5, 5.41) is 1.00. The summed E-state index contributed by atoms with van der Waals surface area (Å²) in [5.74, 6) is -0.176. The van der Waals surface area contributed by atoms with Crippen LogP contribution in [0.3, 0.4) is 0 Å². The number of aromatic amines is 1. The fraction of sp³-hybridized carbons (Fsp3) is 0.375. The molecular weight excluding hydrogens is 252 g/mol. The lowest BCUT2D eigenvalue weighted by molar-refractivity contribution is -0.131. The van der Waals surface area contributed by atoms with Crippen LogP contribution in [0.25, 0.3) is 10.9 Å². The molecule has 104 valence electrons. The van der Waals surface area contributed by atoms with E-state index in [9.17, 15) is 9.59 Å². The van der Waals surface area contributed by atoms with Gasteiger partial charge in [-0.1, -0.05) is 18.2 Å². The van der Waals surface area contributed by atoms with Crippen molar-refractivity contribution in [2.24, 2.45) is 0 Å². The van der Waals surface area contributed by atoms with Gasteiger partial charge in [0.1, 0.15) is 0 Å². The first-order chi connectivity index (χ1) is 9.74. The van der Waals surface area contributed by atoms with Crippen LogP contribution >= 0.6 is 0 Å². The number of aromatic nitrogens is 1. The third-order valence-corrected chi connectivity index (χ3v) is 3.85. The third kappa shape index (κ3) is 2.59. The van der Waals surface area contributed by atoms with Crippen LogP contribution in [-0.2, 0) is 4.79 Å². The molecule has 0 unspecified atom stereocenters. The largest absolute Gasteiger partial charge is 0.352 e. The van der Waals surface area contributed by atoms with Crippen molar-refractivity contribution in [3.63, 3.8) is 0 Å². The number of hydrogen-bond acceptors (Lipinski definition) is 2. The number of ketones is 1. The molecule has 0 atom stereocenters. The summed E-state index contributed by atoms with van der Waals surface area (Å²) in [6.45, 7) is 1.58. The number of rotatable bonds is 3. The molecule has 1 fully saturated rings. The number of H-pyrrole nitrogens is 1. The van der Waals surface area contributed by atoms with Gasteiger partial charge in [0.2, 0.25) is 5.91 Å². The van der Waals surface area contributed by atoms with E-state index in [0.29, 0.717) is 5.69 Å². The highest BCUT2D eigenvalue weighted by Gasteiger charge is 2.20. The maximum Gasteiger partial charge on any atom is 0.230 e. The average molecular weight is 270 g/mol. The van der Waals surface area contributed by atoms with Crippen molar-refractivity contribution in [1.82, 2.24) is 9.88 Å². The van der Waals surface area contributed by atoms with Gasteiger partial charge in [0.25, 0.3) is 0 Å². The highest BCUT2D eigenvalue weighted by molar-refractivity contribution is 6.08. The van der Waals surface area contributed by atoms with Gasteiger partial charge < -0.3 is 9.88 Å². The molecule has 0 aliphatic carbocycles. The van der Waals surface area contributed by atoms with Crippen molar-refractivity contribution < 1.29 is 9.59 Å². The van der Waals surface area contributed by atoms with Crippen molar-refractivity contribution in [1.29, 1.82) is 0 Å². The lowest BCUT2D eigenvalue weighted by Gasteiger charge is -2.26. The van der Waals surface area contributed by atoms with Crippen LogP contribution in [0.1, 0.15) is 36.2 Å². The fourth-order valence-electron chi connectivity index (χ4n) is 2.71. The van der Waals surface area contributed by atoms with Gasteiger partial charge >= 0.3 is 0 Å². The van der Waals surface area contributed by atoms with E-state index in [2.05, 4.69) is 4.98 Å². The topological polar surface area (TPSA) is 53.2 Å². The monoisotopic (exact) mass is 270 g/mol. The van der Waals surface area contributed by atoms with E-state index in [4.69, 9.17) is 0 Å². The van der Waals surface area contributed by atoms with Crippen molar-refractivity contribution in [2.75, 3.05) is 13.1 Å². The van der Waals surface area contributed by atoms with Crippen molar-refractivity contribution >= 4 is 22.6 Å². The van der Waals surface area contributed by atoms with Crippen LogP contribution < -0.4 is 0 Å². The summed E-state index contributed by atoms with van der Waals surface area (Å²) in [6.07, 6.45) is 3.24. The molecule has 4 nitrogen and oxygen atoms in total. The van der Waals surface area contributed by atoms with Crippen molar-refractivity contribution in [3.8, 4) is 0 Å². The molecule has 2 heterocycles. The molecular formula is C16H18N2O2. The molecule has 0 spiro atoms. The Kier molecular flexibility index (Phi) is 3.54. The average Bonchev–Trinajstić information content (AvgIpc) is 2.92. The maximum absolute atomic E-state index is 12.2. The van der Waals surface area contributed by atoms with Gasteiger partial charge in [-0.3, -0.25) is 9.59 Å². The highest BCUT2D eigenvalue weighted by Crippen LogP contribution is 2.17. The molecule has 20 heavy (non-hydrogen) atoms. The Morgan fingerprint density at radius 1 is 1.10 bits per heavy atom. The van der Waals surface area contributed by atoms with E-state index >= 15 is 0 Å². The number of fused-ring (bicyclic) bond motifs is 1. The Morgan fingerprint density at radius 2 is 1.85 bits per heavy atom. The van der Waals surface area contributed by atoms with E-state index in [-0.39, 0.29) is 18.1 Å². The van der Waals surface area contributed by atoms with Gasteiger partial charge in [0.05, 0.1) is 12.1 Å². The predicted molar refractivity (Wildman–Crippen MR) is 77.7 cm³/mol. The molecule has 1 saturated heterocycles. The Balaban J connectivity index is 1.70. The summed E-state index contributed by atoms with van der Waals surface area (Å²) >= 11 is 0. The molecule has 1 aliphatic rings. The van der Waals surface area contributed by atoms with Crippen molar-refractivity contribution in [2.45, 2.75) is 25.7 Å². The number of carbonyl (C=O) groups excluding carboxylic acids is 2. The SMILES string of the molecule is O=C(CC(=O)N1CCCCC1)c1cc2ccccc2[nH]1. The zero-order chi connectivity index (χ0) is 13.9. The Labute approximate surface area is 117 Å². The number of carbonyl (C=O) groups is 2. The minimum atomic E-state index is -0.128. The summed E-state index contributed by atoms with van der Waals surface area (Å²) < 4.78 is 0. The number of piperidine rings is 1. The number of hydrogen-bond donors (Lipinski definition) is 1. The number of benzene rings is 1. The molecule has 1 aliphatic heterocycles. The van der Waals surface area contributed by atoms with Gasteiger partial charge in [0, 0.05) is 24.0 Å². The van der Waals surface area contributed by atoms with Gasteiger partial charge in [-0.05, 0) is 31.4 Å². The molecule has 3 rings (SSSR count). The normalized spacial score (nSPS) is 15.5. The quantitative estimate of drug-likeness (QED) is 0.688. The standard InChI is InChI=1S/C16H18N2O2/c19-15(11-16(20)18-8-4-1-5-9-18)14-10-12-6-2-3-7-13(12)17-14/h2-3,6-7,10,17H,1,4-5,8-9,11H2. The van der Waals surface area contributed by atoms with Crippen LogP contribution in [-0.4, -0.2) is 34.7 Å². The number of nitrogens with one attached hydrogen (secondary N) is 1. The van der Waals surface area contributed by atoms with Crippen LogP contribution in [0.5, 0.6) is 0 Å². The van der Waals surface area contributed by atoms with E-state index in [0.717, 1.165) is 36.8 Å². The van der Waals surface area contributed by atoms with Crippen LogP contribution in [0.4, 0.5) is 0 Å². The van der Waals surface area contributed by atoms with E-state index in [1.54, 1.807) is 0 Å². The van der Waals surface area contributed by atoms with E-state index in [1.807, 2.05) is 35.2 Å². The fourth-order valence-corrected chi connectivity index (χ4v) is 2.71. The number of Topliss-reactive ketones (excluding diaryl/α,β-unsaturated/α-hetero) is 1. The number of amides is 1. The lowest BCUT2D eigenvalue weighted by Crippen LogP contribution is -2.36. The number of likely N-dealkylation sites (tertiary alicyclic amines) is 1. The van der Waals surface area contributed by atoms with Crippen molar-refractivity contribution in [3.05, 3.63) is 36.0 Å². The van der Waals surface area contributed by atoms with Gasteiger partial charge in [-0.15, -0.1) is 0 Å². The maximum atomic E-state index is 12.2. The minimum Gasteiger partial charge on any atom is -0.352 e. The van der Waals surface area contributed by atoms with E-state index in [1.165, 1.54) is 6.42 Å². The Morgan fingerprint density at radius 3 is 2.60 bits per heavy atom. The second-order valence-electron chi connectivity index (χ2n) is 5.31. The molecule has 1 aromatic carbocycles. The third-order valence-electron chi connectivity index (χ3n) is 3.85. The molecule has 1 aromatic heterocycles. The van der Waals surface area contributed by atoms with Crippen LogP contribution in [0, 0.1) is 0 Å². The minimum absolute atomic E-state index is 0.0349. The Hall–Kier alpha value is -2.10. The van der Waals surface area contributed by atoms with E-state index < -0.39 is 0 Å². The van der Waals surface area contributed by atoms with Gasteiger partial charge in [-0.2, -0.15) is 0 Å². The summed E-state index contributed by atoms with van der Waals surface area (Å²) in [6, 6.07) is 9.56. The smallest absolute Gasteiger partial charge is 0.230 e. The molecule has 1 amide bonds. The Bertz CT molecular complexity index is 606. The first-order valence-corrected chi connectivity index (χ1v) is 7.13. The molecule has 4 heteroatoms. The molecule has 0 saturated carbocycles. The predicted octanol–water partition coefficient (Wildman–Crippen LogP) is 2.75. The summed E-state index contributed by atoms with van der Waals surface area (Å²) in [5.41, 5.74) is 1.46. The first-order valence-electron chi connectivity index (χ1n) is 7.13. The second kappa shape index (κ2) is 5.49. The number of para-hydroxylation sites is 1. The van der Waals surface area contributed by atoms with Crippen LogP contribution in [0.2, 0.25) is 0 Å². The molecule has 1 N–H and O–H groups in total. The number of nitrogens with zero attached hydrogens (tertiary/aromatic N) is 1. The van der Waals surface area contributed by atoms with Crippen LogP contribution in [0.15, 0.2) is 30.3 Å². The zero-order valence-corrected chi connectivity index (χ0v) is 11.4. The molecule has 0 radical (unpaired) electrons. The summed E-state index contributed by atoms with van der Waals surface area (Å²) in [4.78, 5) is 29.2. The lowest BCUT2D eigenvalue weighted by atomic mass is 10.1. The highest BCUT2D eigenvalue weighted by atomic mass is 16.2. The van der Waals surface area contributed by atoms with Gasteiger partial charge in [0.15, 0.2) is 5.78 Å².